The molecule has 146 valence electrons. The van der Waals surface area contributed by atoms with E-state index >= 15 is 0 Å². The zero-order chi connectivity index (χ0) is 19.8. The Labute approximate surface area is 168 Å². The van der Waals surface area contributed by atoms with Crippen LogP contribution in [-0.2, 0) is 4.79 Å². The standard InChI is InChI=1S/C22H20N4O3/c1-2-4-21(27)26-18(15-5-3-6-16-22(15)24-10-9-23-16)12-17(25-26)14-7-8-19-20(11-14)29-13-28-19/h3,5-11,18H,2,4,12-13H2,1H3/t18-/m0/s1. The maximum atomic E-state index is 12.9. The maximum absolute atomic E-state index is 12.9. The van der Waals surface area contributed by atoms with Crippen LogP contribution >= 0.6 is 0 Å². The Morgan fingerprint density at radius 3 is 2.90 bits per heavy atom. The van der Waals surface area contributed by atoms with Crippen molar-refractivity contribution in [3.8, 4) is 11.5 Å². The van der Waals surface area contributed by atoms with Crippen LogP contribution in [0.5, 0.6) is 11.5 Å². The van der Waals surface area contributed by atoms with Crippen molar-refractivity contribution in [3.05, 3.63) is 59.9 Å². The molecule has 0 aliphatic carbocycles. The Bertz CT molecular complexity index is 1120. The number of fused-ring (bicyclic) bond motifs is 2. The fourth-order valence-electron chi connectivity index (χ4n) is 3.85. The number of hydrazone groups is 1. The van der Waals surface area contributed by atoms with Gasteiger partial charge in [0, 0.05) is 36.4 Å². The highest BCUT2D eigenvalue weighted by molar-refractivity contribution is 6.04. The first-order chi connectivity index (χ1) is 14.2. The van der Waals surface area contributed by atoms with Crippen LogP contribution in [0.15, 0.2) is 53.9 Å². The maximum Gasteiger partial charge on any atom is 0.243 e. The van der Waals surface area contributed by atoms with Crippen LogP contribution in [0.3, 0.4) is 0 Å². The van der Waals surface area contributed by atoms with Gasteiger partial charge in [-0.25, -0.2) is 5.01 Å². The summed E-state index contributed by atoms with van der Waals surface area (Å²) in [7, 11) is 0. The largest absolute Gasteiger partial charge is 0.454 e. The number of hydrogen-bond acceptors (Lipinski definition) is 6. The van der Waals surface area contributed by atoms with E-state index in [0.29, 0.717) is 18.6 Å². The van der Waals surface area contributed by atoms with Gasteiger partial charge in [-0.3, -0.25) is 14.8 Å². The van der Waals surface area contributed by atoms with E-state index in [1.165, 1.54) is 0 Å². The molecule has 2 aliphatic rings. The number of ether oxygens (including phenoxy) is 2. The van der Waals surface area contributed by atoms with Crippen LogP contribution in [0.2, 0.25) is 0 Å². The summed E-state index contributed by atoms with van der Waals surface area (Å²) in [4.78, 5) is 21.8. The topological polar surface area (TPSA) is 76.9 Å². The Kier molecular flexibility index (Phi) is 4.35. The minimum atomic E-state index is -0.213. The molecule has 1 atom stereocenters. The van der Waals surface area contributed by atoms with E-state index in [-0.39, 0.29) is 18.7 Å². The average molecular weight is 388 g/mol. The van der Waals surface area contributed by atoms with Crippen molar-refractivity contribution in [2.24, 2.45) is 5.10 Å². The zero-order valence-corrected chi connectivity index (χ0v) is 16.0. The monoisotopic (exact) mass is 388 g/mol. The summed E-state index contributed by atoms with van der Waals surface area (Å²) in [6.07, 6.45) is 5.18. The average Bonchev–Trinajstić information content (AvgIpc) is 3.40. The minimum absolute atomic E-state index is 0.00846. The molecule has 0 saturated carbocycles. The van der Waals surface area contributed by atoms with Gasteiger partial charge in [-0.05, 0) is 30.7 Å². The Hall–Kier alpha value is -3.48. The van der Waals surface area contributed by atoms with Crippen LogP contribution in [-0.4, -0.2) is 33.4 Å². The molecule has 0 bridgehead atoms. The van der Waals surface area contributed by atoms with Gasteiger partial charge in [0.1, 0.15) is 0 Å². The van der Waals surface area contributed by atoms with E-state index in [2.05, 4.69) is 9.97 Å². The van der Waals surface area contributed by atoms with Crippen molar-refractivity contribution in [1.82, 2.24) is 15.0 Å². The number of hydrogen-bond donors (Lipinski definition) is 0. The number of nitrogens with zero attached hydrogens (tertiary/aromatic N) is 4. The SMILES string of the molecule is CCCC(=O)N1N=C(c2ccc3c(c2)OCO3)C[C@H]1c1cccc2nccnc12. The smallest absolute Gasteiger partial charge is 0.243 e. The predicted octanol–water partition coefficient (Wildman–Crippen LogP) is 3.84. The highest BCUT2D eigenvalue weighted by Gasteiger charge is 2.34. The van der Waals surface area contributed by atoms with E-state index in [4.69, 9.17) is 14.6 Å². The third kappa shape index (κ3) is 3.08. The number of amides is 1. The first-order valence-corrected chi connectivity index (χ1v) is 9.74. The van der Waals surface area contributed by atoms with E-state index < -0.39 is 0 Å². The Morgan fingerprint density at radius 2 is 2.00 bits per heavy atom. The lowest BCUT2D eigenvalue weighted by Gasteiger charge is -2.22. The molecule has 1 aromatic heterocycles. The summed E-state index contributed by atoms with van der Waals surface area (Å²) in [6, 6.07) is 11.4. The number of aromatic nitrogens is 2. The van der Waals surface area contributed by atoms with Crippen LogP contribution in [0.1, 0.15) is 43.4 Å². The molecule has 3 heterocycles. The molecule has 7 heteroatoms. The summed E-state index contributed by atoms with van der Waals surface area (Å²) in [5.41, 5.74) is 4.34. The number of rotatable bonds is 4. The second-order valence-corrected chi connectivity index (χ2v) is 7.09. The fourth-order valence-corrected chi connectivity index (χ4v) is 3.85. The van der Waals surface area contributed by atoms with Crippen LogP contribution in [0, 0.1) is 0 Å². The van der Waals surface area contributed by atoms with E-state index in [0.717, 1.165) is 40.0 Å². The molecule has 2 aliphatic heterocycles. The highest BCUT2D eigenvalue weighted by atomic mass is 16.7. The lowest BCUT2D eigenvalue weighted by molar-refractivity contribution is -0.133. The molecule has 0 spiro atoms. The van der Waals surface area contributed by atoms with E-state index in [1.807, 2.05) is 43.3 Å². The highest BCUT2D eigenvalue weighted by Crippen LogP contribution is 2.38. The quantitative estimate of drug-likeness (QED) is 0.679. The second-order valence-electron chi connectivity index (χ2n) is 7.09. The van der Waals surface area contributed by atoms with Crippen molar-refractivity contribution in [3.63, 3.8) is 0 Å². The van der Waals surface area contributed by atoms with Crippen LogP contribution < -0.4 is 9.47 Å². The molecular weight excluding hydrogens is 368 g/mol. The zero-order valence-electron chi connectivity index (χ0n) is 16.0. The number of carbonyl (C=O) groups is 1. The summed E-state index contributed by atoms with van der Waals surface area (Å²) >= 11 is 0. The molecule has 0 radical (unpaired) electrons. The molecule has 1 amide bonds. The normalized spacial score (nSPS) is 17.6. The Balaban J connectivity index is 1.56. The van der Waals surface area contributed by atoms with Crippen molar-refractivity contribution >= 4 is 22.7 Å². The van der Waals surface area contributed by atoms with Gasteiger partial charge in [-0.15, -0.1) is 0 Å². The molecule has 5 rings (SSSR count). The van der Waals surface area contributed by atoms with Gasteiger partial charge in [0.15, 0.2) is 11.5 Å². The van der Waals surface area contributed by atoms with Crippen molar-refractivity contribution in [2.45, 2.75) is 32.2 Å². The van der Waals surface area contributed by atoms with Crippen molar-refractivity contribution in [2.75, 3.05) is 6.79 Å². The number of carbonyl (C=O) groups excluding carboxylic acids is 1. The number of benzene rings is 2. The number of para-hydroxylation sites is 1. The van der Waals surface area contributed by atoms with Gasteiger partial charge in [-0.2, -0.15) is 5.10 Å². The van der Waals surface area contributed by atoms with Gasteiger partial charge >= 0.3 is 0 Å². The van der Waals surface area contributed by atoms with Gasteiger partial charge in [0.05, 0.1) is 22.8 Å². The van der Waals surface area contributed by atoms with Crippen molar-refractivity contribution in [1.29, 1.82) is 0 Å². The summed E-state index contributed by atoms with van der Waals surface area (Å²) in [5, 5.41) is 6.34. The van der Waals surface area contributed by atoms with Gasteiger partial charge < -0.3 is 9.47 Å². The van der Waals surface area contributed by atoms with Crippen LogP contribution in [0.4, 0.5) is 0 Å². The molecule has 3 aromatic rings. The third-order valence-electron chi connectivity index (χ3n) is 5.22. The molecular formula is C22H20N4O3. The van der Waals surface area contributed by atoms with Gasteiger partial charge in [0.25, 0.3) is 0 Å². The molecule has 2 aromatic carbocycles. The lowest BCUT2D eigenvalue weighted by atomic mass is 9.97. The summed E-state index contributed by atoms with van der Waals surface area (Å²) < 4.78 is 10.9. The molecule has 7 nitrogen and oxygen atoms in total. The van der Waals surface area contributed by atoms with Gasteiger partial charge in [-0.1, -0.05) is 19.1 Å². The summed E-state index contributed by atoms with van der Waals surface area (Å²) in [6.45, 7) is 2.22. The molecule has 29 heavy (non-hydrogen) atoms. The Morgan fingerprint density at radius 1 is 1.14 bits per heavy atom. The van der Waals surface area contributed by atoms with Crippen molar-refractivity contribution < 1.29 is 14.3 Å². The minimum Gasteiger partial charge on any atom is -0.454 e. The first kappa shape index (κ1) is 17.6. The van der Waals surface area contributed by atoms with Gasteiger partial charge in [0.2, 0.25) is 12.7 Å². The molecule has 0 N–H and O–H groups in total. The fraction of sp³-hybridized carbons (Fsp3) is 0.273. The third-order valence-corrected chi connectivity index (χ3v) is 5.22. The predicted molar refractivity (Wildman–Crippen MR) is 108 cm³/mol. The molecule has 0 fully saturated rings. The first-order valence-electron chi connectivity index (χ1n) is 9.74. The second kappa shape index (κ2) is 7.16. The molecule has 0 unspecified atom stereocenters. The molecule has 0 saturated heterocycles. The lowest BCUT2D eigenvalue weighted by Crippen LogP contribution is -2.27. The van der Waals surface area contributed by atoms with E-state index in [9.17, 15) is 4.79 Å². The van der Waals surface area contributed by atoms with E-state index in [1.54, 1.807) is 17.4 Å². The van der Waals surface area contributed by atoms with Crippen LogP contribution in [0.25, 0.3) is 11.0 Å². The summed E-state index contributed by atoms with van der Waals surface area (Å²) in [5.74, 6) is 1.44.